The maximum Gasteiger partial charge on any atom is 0.314 e. The molecule has 3 nitrogen and oxygen atoms in total. The lowest BCUT2D eigenvalue weighted by Crippen LogP contribution is -2.22. The highest BCUT2D eigenvalue weighted by Crippen LogP contribution is 2.26. The molecule has 2 aromatic carbocycles. The second-order valence-corrected chi connectivity index (χ2v) is 6.39. The number of benzene rings is 2. The first-order chi connectivity index (χ1) is 12.2. The van der Waals surface area contributed by atoms with Crippen LogP contribution in [0.2, 0.25) is 0 Å². The minimum Gasteiger partial charge on any atom is -0.426 e. The van der Waals surface area contributed by atoms with E-state index < -0.39 is 0 Å². The zero-order valence-corrected chi connectivity index (χ0v) is 14.2. The lowest BCUT2D eigenvalue weighted by atomic mass is 9.89. The van der Waals surface area contributed by atoms with Crippen molar-refractivity contribution in [1.82, 2.24) is 0 Å². The van der Waals surface area contributed by atoms with Gasteiger partial charge in [-0.25, -0.2) is 0 Å². The monoisotopic (exact) mass is 334 g/mol. The molecule has 0 saturated heterocycles. The topological polar surface area (TPSA) is 43.4 Å². The molecule has 25 heavy (non-hydrogen) atoms. The Kier molecular flexibility index (Phi) is 5.78. The molecule has 0 radical (unpaired) electrons. The predicted molar refractivity (Wildman–Crippen MR) is 98.5 cm³/mol. The number of esters is 1. The quantitative estimate of drug-likeness (QED) is 0.332. The summed E-state index contributed by atoms with van der Waals surface area (Å²) < 4.78 is 5.53. The molecule has 3 rings (SSSR count). The van der Waals surface area contributed by atoms with Crippen LogP contribution < -0.4 is 4.74 Å². The summed E-state index contributed by atoms with van der Waals surface area (Å²) >= 11 is 0. The zero-order valence-electron chi connectivity index (χ0n) is 14.2. The van der Waals surface area contributed by atoms with E-state index in [4.69, 9.17) is 4.74 Å². The summed E-state index contributed by atoms with van der Waals surface area (Å²) in [5.74, 6) is 0.365. The van der Waals surface area contributed by atoms with Crippen LogP contribution in [0, 0.1) is 5.92 Å². The molecule has 0 bridgehead atoms. The normalized spacial score (nSPS) is 15.2. The highest BCUT2D eigenvalue weighted by molar-refractivity contribution is 6.06. The average Bonchev–Trinajstić information content (AvgIpc) is 2.68. The number of ketones is 1. The minimum atomic E-state index is -0.138. The smallest absolute Gasteiger partial charge is 0.314 e. The van der Waals surface area contributed by atoms with Gasteiger partial charge in [-0.3, -0.25) is 9.59 Å². The fraction of sp³-hybridized carbons (Fsp3) is 0.273. The van der Waals surface area contributed by atoms with Gasteiger partial charge in [0.25, 0.3) is 0 Å². The van der Waals surface area contributed by atoms with Crippen LogP contribution in [0.5, 0.6) is 5.75 Å². The molecule has 0 atom stereocenters. The third-order valence-electron chi connectivity index (χ3n) is 4.50. The van der Waals surface area contributed by atoms with Gasteiger partial charge in [-0.05, 0) is 36.6 Å². The number of allylic oxidation sites excluding steroid dienone is 1. The minimum absolute atomic E-state index is 0.0209. The van der Waals surface area contributed by atoms with E-state index in [0.29, 0.717) is 11.3 Å². The van der Waals surface area contributed by atoms with E-state index in [9.17, 15) is 9.59 Å². The molecular formula is C22H22O3. The van der Waals surface area contributed by atoms with Gasteiger partial charge in [-0.2, -0.15) is 0 Å². The largest absolute Gasteiger partial charge is 0.426 e. The molecular weight excluding hydrogens is 312 g/mol. The van der Waals surface area contributed by atoms with Gasteiger partial charge in [0.15, 0.2) is 5.78 Å². The second-order valence-electron chi connectivity index (χ2n) is 6.39. The van der Waals surface area contributed by atoms with Crippen molar-refractivity contribution in [2.75, 3.05) is 0 Å². The molecule has 128 valence electrons. The number of carbonyl (C=O) groups excluding carboxylic acids is 2. The molecule has 1 fully saturated rings. The first-order valence-electron chi connectivity index (χ1n) is 8.81. The molecule has 0 spiro atoms. The zero-order chi connectivity index (χ0) is 17.5. The van der Waals surface area contributed by atoms with Crippen molar-refractivity contribution in [3.8, 4) is 5.75 Å². The summed E-state index contributed by atoms with van der Waals surface area (Å²) in [7, 11) is 0. The highest BCUT2D eigenvalue weighted by atomic mass is 16.5. The Morgan fingerprint density at radius 1 is 0.920 bits per heavy atom. The Bertz CT molecular complexity index is 756. The fourth-order valence-corrected chi connectivity index (χ4v) is 3.09. The van der Waals surface area contributed by atoms with E-state index in [2.05, 4.69) is 0 Å². The fourth-order valence-electron chi connectivity index (χ4n) is 3.09. The number of ether oxygens (including phenoxy) is 1. The molecule has 1 saturated carbocycles. The van der Waals surface area contributed by atoms with E-state index >= 15 is 0 Å². The van der Waals surface area contributed by atoms with Crippen molar-refractivity contribution in [3.63, 3.8) is 0 Å². The molecule has 0 unspecified atom stereocenters. The van der Waals surface area contributed by atoms with Gasteiger partial charge in [0, 0.05) is 5.56 Å². The molecule has 0 N–H and O–H groups in total. The Labute approximate surface area is 148 Å². The van der Waals surface area contributed by atoms with Crippen LogP contribution in [0.3, 0.4) is 0 Å². The highest BCUT2D eigenvalue weighted by Gasteiger charge is 2.22. The van der Waals surface area contributed by atoms with Crippen LogP contribution >= 0.6 is 0 Å². The van der Waals surface area contributed by atoms with E-state index in [1.807, 2.05) is 30.3 Å². The van der Waals surface area contributed by atoms with Gasteiger partial charge in [-0.1, -0.05) is 67.8 Å². The average molecular weight is 334 g/mol. The maximum absolute atomic E-state index is 12.2. The molecule has 2 aromatic rings. The van der Waals surface area contributed by atoms with Crippen LogP contribution in [0.1, 0.15) is 48.0 Å². The van der Waals surface area contributed by atoms with Crippen LogP contribution in [0.4, 0.5) is 0 Å². The van der Waals surface area contributed by atoms with Crippen molar-refractivity contribution < 1.29 is 14.3 Å². The molecule has 0 heterocycles. The summed E-state index contributed by atoms with van der Waals surface area (Å²) in [6, 6.07) is 16.4. The number of hydrogen-bond donors (Lipinski definition) is 0. The lowest BCUT2D eigenvalue weighted by molar-refractivity contribution is -0.139. The molecule has 1 aliphatic rings. The first kappa shape index (κ1) is 17.2. The van der Waals surface area contributed by atoms with Gasteiger partial charge in [0.2, 0.25) is 0 Å². The summed E-state index contributed by atoms with van der Waals surface area (Å²) in [5.41, 5.74) is 1.48. The standard InChI is InChI=1S/C22H22O3/c23-21(18-9-3-1-4-10-18)15-14-17-8-7-13-20(16-17)25-22(24)19-11-5-2-6-12-19/h1,3-4,7-10,13-16,19H,2,5-6,11-12H2. The van der Waals surface area contributed by atoms with Crippen LogP contribution in [0.25, 0.3) is 6.08 Å². The van der Waals surface area contributed by atoms with Gasteiger partial charge >= 0.3 is 5.97 Å². The third kappa shape index (κ3) is 4.90. The van der Waals surface area contributed by atoms with Gasteiger partial charge in [-0.15, -0.1) is 0 Å². The van der Waals surface area contributed by atoms with Crippen molar-refractivity contribution in [3.05, 3.63) is 71.8 Å². The molecule has 1 aliphatic carbocycles. The number of hydrogen-bond acceptors (Lipinski definition) is 3. The Balaban J connectivity index is 1.64. The van der Waals surface area contributed by atoms with E-state index in [1.54, 1.807) is 30.3 Å². The molecule has 3 heteroatoms. The van der Waals surface area contributed by atoms with E-state index in [1.165, 1.54) is 12.5 Å². The predicted octanol–water partition coefficient (Wildman–Crippen LogP) is 5.07. The Hall–Kier alpha value is -2.68. The SMILES string of the molecule is O=C(C=Cc1cccc(OC(=O)C2CCCCC2)c1)c1ccccc1. The van der Waals surface area contributed by atoms with E-state index in [-0.39, 0.29) is 17.7 Å². The number of carbonyl (C=O) groups is 2. The van der Waals surface area contributed by atoms with Crippen molar-refractivity contribution in [2.24, 2.45) is 5.92 Å². The summed E-state index contributed by atoms with van der Waals surface area (Å²) in [4.78, 5) is 24.4. The van der Waals surface area contributed by atoms with Crippen LogP contribution in [-0.2, 0) is 4.79 Å². The first-order valence-corrected chi connectivity index (χ1v) is 8.81. The lowest BCUT2D eigenvalue weighted by Gasteiger charge is -2.19. The van der Waals surface area contributed by atoms with Crippen LogP contribution in [-0.4, -0.2) is 11.8 Å². The summed E-state index contributed by atoms with van der Waals surface area (Å²) in [5, 5.41) is 0. The number of rotatable bonds is 5. The van der Waals surface area contributed by atoms with Crippen molar-refractivity contribution in [2.45, 2.75) is 32.1 Å². The summed E-state index contributed by atoms with van der Waals surface area (Å²) in [6.45, 7) is 0. The van der Waals surface area contributed by atoms with Crippen LogP contribution in [0.15, 0.2) is 60.7 Å². The Morgan fingerprint density at radius 3 is 2.44 bits per heavy atom. The Morgan fingerprint density at radius 2 is 1.68 bits per heavy atom. The van der Waals surface area contributed by atoms with Gasteiger partial charge in [0.1, 0.15) is 5.75 Å². The van der Waals surface area contributed by atoms with Crippen molar-refractivity contribution in [1.29, 1.82) is 0 Å². The van der Waals surface area contributed by atoms with Gasteiger partial charge < -0.3 is 4.74 Å². The molecule has 0 aliphatic heterocycles. The molecule has 0 aromatic heterocycles. The summed E-state index contributed by atoms with van der Waals surface area (Å²) in [6.07, 6.45) is 8.53. The maximum atomic E-state index is 12.2. The molecule has 0 amide bonds. The van der Waals surface area contributed by atoms with E-state index in [0.717, 1.165) is 31.2 Å². The van der Waals surface area contributed by atoms with Gasteiger partial charge in [0.05, 0.1) is 5.92 Å². The van der Waals surface area contributed by atoms with Crippen molar-refractivity contribution >= 4 is 17.8 Å². The third-order valence-corrected chi connectivity index (χ3v) is 4.50. The second kappa shape index (κ2) is 8.43.